The van der Waals surface area contributed by atoms with Crippen molar-refractivity contribution >= 4 is 17.7 Å². The van der Waals surface area contributed by atoms with Gasteiger partial charge in [0.2, 0.25) is 0 Å². The van der Waals surface area contributed by atoms with E-state index in [9.17, 15) is 9.59 Å². The van der Waals surface area contributed by atoms with Crippen LogP contribution in [0.2, 0.25) is 0 Å². The van der Waals surface area contributed by atoms with Gasteiger partial charge in [-0.05, 0) is 55.9 Å². The fourth-order valence-corrected chi connectivity index (χ4v) is 3.13. The monoisotopic (exact) mass is 342 g/mol. The van der Waals surface area contributed by atoms with Crippen LogP contribution in [-0.4, -0.2) is 47.2 Å². The van der Waals surface area contributed by atoms with Gasteiger partial charge in [0.1, 0.15) is 0 Å². The van der Waals surface area contributed by atoms with Crippen LogP contribution in [0.15, 0.2) is 24.3 Å². The first-order valence-electron chi connectivity index (χ1n) is 8.57. The number of benzene rings is 1. The summed E-state index contributed by atoms with van der Waals surface area (Å²) in [6.07, 6.45) is 3.94. The van der Waals surface area contributed by atoms with Crippen molar-refractivity contribution in [3.8, 4) is 6.07 Å². The molecule has 1 aromatic carbocycles. The molecular formula is C18H22N4O3. The lowest BCUT2D eigenvalue weighted by molar-refractivity contribution is -0.139. The Morgan fingerprint density at radius 2 is 1.92 bits per heavy atom. The number of hydrogen-bond donors (Lipinski definition) is 3. The highest BCUT2D eigenvalue weighted by Gasteiger charge is 2.37. The number of carboxylic acids is 1. The summed E-state index contributed by atoms with van der Waals surface area (Å²) in [5.74, 6) is -0.151. The van der Waals surface area contributed by atoms with Crippen LogP contribution in [0.3, 0.4) is 0 Å². The molecule has 0 aromatic heterocycles. The average molecular weight is 342 g/mol. The normalized spacial score (nSPS) is 21.9. The summed E-state index contributed by atoms with van der Waals surface area (Å²) < 4.78 is 0. The Kier molecular flexibility index (Phi) is 5.19. The summed E-state index contributed by atoms with van der Waals surface area (Å²) in [7, 11) is 0. The van der Waals surface area contributed by atoms with Crippen LogP contribution in [0.1, 0.15) is 31.2 Å². The van der Waals surface area contributed by atoms with Crippen LogP contribution in [0.25, 0.3) is 0 Å². The maximum absolute atomic E-state index is 12.0. The van der Waals surface area contributed by atoms with Crippen molar-refractivity contribution < 1.29 is 14.7 Å². The third kappa shape index (κ3) is 4.94. The maximum atomic E-state index is 12.0. The predicted molar refractivity (Wildman–Crippen MR) is 92.1 cm³/mol. The topological polar surface area (TPSA) is 105 Å². The summed E-state index contributed by atoms with van der Waals surface area (Å²) in [6, 6.07) is 8.73. The second-order valence-corrected chi connectivity index (χ2v) is 6.88. The lowest BCUT2D eigenvalue weighted by atomic mass is 9.85. The van der Waals surface area contributed by atoms with E-state index in [4.69, 9.17) is 10.4 Å². The SMILES string of the molecule is N#Cc1ccc(NC(=O)NC2CC(N(CC(=O)O)CC3CC3)C2)cc1. The first kappa shape index (κ1) is 17.2. The van der Waals surface area contributed by atoms with Crippen molar-refractivity contribution in [2.75, 3.05) is 18.4 Å². The standard InChI is InChI=1S/C18H22N4O3/c19-9-12-3-5-14(6-4-12)20-18(25)21-15-7-16(8-15)22(11-17(23)24)10-13-1-2-13/h3-6,13,15-16H,1-2,7-8,10-11H2,(H,23,24)(H2,20,21,25). The molecule has 2 aliphatic carbocycles. The number of amides is 2. The van der Waals surface area contributed by atoms with E-state index in [1.165, 1.54) is 12.8 Å². The van der Waals surface area contributed by atoms with Gasteiger partial charge in [0.15, 0.2) is 0 Å². The number of urea groups is 1. The number of carboxylic acid groups (broad SMARTS) is 1. The second-order valence-electron chi connectivity index (χ2n) is 6.88. The number of nitrogens with one attached hydrogen (secondary N) is 2. The first-order valence-corrected chi connectivity index (χ1v) is 8.57. The summed E-state index contributed by atoms with van der Waals surface area (Å²) in [6.45, 7) is 0.923. The average Bonchev–Trinajstić information content (AvgIpc) is 3.34. The minimum atomic E-state index is -0.796. The highest BCUT2D eigenvalue weighted by Crippen LogP contribution is 2.33. The highest BCUT2D eigenvalue weighted by atomic mass is 16.4. The van der Waals surface area contributed by atoms with Crippen LogP contribution in [0.4, 0.5) is 10.5 Å². The molecule has 3 rings (SSSR count). The minimum Gasteiger partial charge on any atom is -0.480 e. The van der Waals surface area contributed by atoms with Gasteiger partial charge in [-0.2, -0.15) is 5.26 Å². The number of hydrogen-bond acceptors (Lipinski definition) is 4. The zero-order valence-corrected chi connectivity index (χ0v) is 13.9. The number of rotatable bonds is 7. The van der Waals surface area contributed by atoms with Gasteiger partial charge in [-0.25, -0.2) is 4.79 Å². The molecular weight excluding hydrogens is 320 g/mol. The highest BCUT2D eigenvalue weighted by molar-refractivity contribution is 5.89. The van der Waals surface area contributed by atoms with Gasteiger partial charge in [-0.15, -0.1) is 0 Å². The first-order chi connectivity index (χ1) is 12.0. The van der Waals surface area contributed by atoms with Gasteiger partial charge < -0.3 is 15.7 Å². The Hall–Kier alpha value is -2.59. The molecule has 0 saturated heterocycles. The Labute approximate surface area is 146 Å². The van der Waals surface area contributed by atoms with Crippen LogP contribution < -0.4 is 10.6 Å². The fraction of sp³-hybridized carbons (Fsp3) is 0.500. The molecule has 0 bridgehead atoms. The molecule has 0 spiro atoms. The smallest absolute Gasteiger partial charge is 0.319 e. The van der Waals surface area contributed by atoms with Gasteiger partial charge in [0.25, 0.3) is 0 Å². The van der Waals surface area contributed by atoms with Crippen LogP contribution in [-0.2, 0) is 4.79 Å². The summed E-state index contributed by atoms with van der Waals surface area (Å²) in [5.41, 5.74) is 1.18. The second kappa shape index (κ2) is 7.53. The Morgan fingerprint density at radius 1 is 1.24 bits per heavy atom. The quantitative estimate of drug-likeness (QED) is 0.703. The molecule has 0 atom stereocenters. The number of carbonyl (C=O) groups excluding carboxylic acids is 1. The van der Waals surface area contributed by atoms with Crippen molar-refractivity contribution in [2.24, 2.45) is 5.92 Å². The van der Waals surface area contributed by atoms with E-state index in [0.29, 0.717) is 17.2 Å². The molecule has 2 amide bonds. The fourth-order valence-electron chi connectivity index (χ4n) is 3.13. The molecule has 7 heteroatoms. The molecule has 132 valence electrons. The minimum absolute atomic E-state index is 0.0684. The Morgan fingerprint density at radius 3 is 2.48 bits per heavy atom. The third-order valence-corrected chi connectivity index (χ3v) is 4.76. The van der Waals surface area contributed by atoms with E-state index in [1.54, 1.807) is 24.3 Å². The molecule has 2 aliphatic rings. The molecule has 1 aromatic rings. The Bertz CT molecular complexity index is 673. The maximum Gasteiger partial charge on any atom is 0.319 e. The zero-order valence-electron chi connectivity index (χ0n) is 13.9. The van der Waals surface area contributed by atoms with Crippen LogP contribution in [0, 0.1) is 17.2 Å². The molecule has 0 unspecified atom stereocenters. The van der Waals surface area contributed by atoms with E-state index in [-0.39, 0.29) is 24.7 Å². The van der Waals surface area contributed by atoms with E-state index >= 15 is 0 Å². The van der Waals surface area contributed by atoms with E-state index in [0.717, 1.165) is 19.4 Å². The van der Waals surface area contributed by atoms with Crippen molar-refractivity contribution in [1.29, 1.82) is 5.26 Å². The predicted octanol–water partition coefficient (Wildman–Crippen LogP) is 2.01. The molecule has 2 fully saturated rings. The van der Waals surface area contributed by atoms with Crippen LogP contribution >= 0.6 is 0 Å². The van der Waals surface area contributed by atoms with Crippen molar-refractivity contribution in [3.63, 3.8) is 0 Å². The molecule has 3 N–H and O–H groups in total. The molecule has 7 nitrogen and oxygen atoms in total. The largest absolute Gasteiger partial charge is 0.480 e. The third-order valence-electron chi connectivity index (χ3n) is 4.76. The lowest BCUT2D eigenvalue weighted by Gasteiger charge is -2.42. The Balaban J connectivity index is 1.42. The molecule has 25 heavy (non-hydrogen) atoms. The van der Waals surface area contributed by atoms with Crippen LogP contribution in [0.5, 0.6) is 0 Å². The van der Waals surface area contributed by atoms with Gasteiger partial charge in [-0.3, -0.25) is 9.69 Å². The number of nitriles is 1. The summed E-state index contributed by atoms with van der Waals surface area (Å²) in [5, 5.41) is 23.5. The molecule has 0 aliphatic heterocycles. The summed E-state index contributed by atoms with van der Waals surface area (Å²) in [4.78, 5) is 25.1. The van der Waals surface area contributed by atoms with E-state index < -0.39 is 5.97 Å². The van der Waals surface area contributed by atoms with Gasteiger partial charge in [-0.1, -0.05) is 0 Å². The zero-order chi connectivity index (χ0) is 17.8. The number of aliphatic carboxylic acids is 1. The van der Waals surface area contributed by atoms with Crippen molar-refractivity contribution in [2.45, 2.75) is 37.8 Å². The van der Waals surface area contributed by atoms with Gasteiger partial charge in [0.05, 0.1) is 18.2 Å². The summed E-state index contributed by atoms with van der Waals surface area (Å²) >= 11 is 0. The number of anilines is 1. The van der Waals surface area contributed by atoms with Gasteiger partial charge >= 0.3 is 12.0 Å². The van der Waals surface area contributed by atoms with Crippen molar-refractivity contribution in [3.05, 3.63) is 29.8 Å². The lowest BCUT2D eigenvalue weighted by Crippen LogP contribution is -2.55. The van der Waals surface area contributed by atoms with E-state index in [2.05, 4.69) is 10.6 Å². The van der Waals surface area contributed by atoms with Gasteiger partial charge in [0, 0.05) is 24.3 Å². The molecule has 2 saturated carbocycles. The molecule has 0 radical (unpaired) electrons. The molecule has 0 heterocycles. The van der Waals surface area contributed by atoms with Crippen molar-refractivity contribution in [1.82, 2.24) is 10.2 Å². The number of carbonyl (C=O) groups is 2. The van der Waals surface area contributed by atoms with E-state index in [1.807, 2.05) is 11.0 Å². The number of nitrogens with zero attached hydrogens (tertiary/aromatic N) is 2.